The van der Waals surface area contributed by atoms with Crippen LogP contribution in [0.3, 0.4) is 0 Å². The van der Waals surface area contributed by atoms with Crippen LogP contribution in [0.4, 0.5) is 0 Å². The molecule has 1 unspecified atom stereocenters. The Morgan fingerprint density at radius 3 is 2.54 bits per heavy atom. The van der Waals surface area contributed by atoms with Crippen molar-refractivity contribution in [1.29, 1.82) is 0 Å². The van der Waals surface area contributed by atoms with E-state index in [2.05, 4.69) is 16.8 Å². The lowest BCUT2D eigenvalue weighted by Gasteiger charge is -2.16. The van der Waals surface area contributed by atoms with E-state index in [0.29, 0.717) is 28.2 Å². The standard InChI is InChI=1S/C20H18Cl3N3OS/c1-3-10-26-19(13(2)27-18-11-16(22)8-9-17(18)23)24-25-20(26)28-12-14-4-6-15(21)7-5-14/h3-9,11,13H,1,10,12H2,2H3. The minimum absolute atomic E-state index is 0.367. The zero-order valence-corrected chi connectivity index (χ0v) is 18.2. The van der Waals surface area contributed by atoms with Crippen molar-refractivity contribution in [1.82, 2.24) is 14.8 Å². The van der Waals surface area contributed by atoms with Crippen LogP contribution in [-0.4, -0.2) is 14.8 Å². The number of aromatic nitrogens is 3. The van der Waals surface area contributed by atoms with Crippen LogP contribution in [-0.2, 0) is 12.3 Å². The quantitative estimate of drug-likeness (QED) is 0.275. The molecule has 3 rings (SSSR count). The summed E-state index contributed by atoms with van der Waals surface area (Å²) >= 11 is 19.8. The van der Waals surface area contributed by atoms with Crippen LogP contribution >= 0.6 is 46.6 Å². The maximum Gasteiger partial charge on any atom is 0.191 e. The molecule has 28 heavy (non-hydrogen) atoms. The molecule has 0 saturated heterocycles. The van der Waals surface area contributed by atoms with E-state index in [0.717, 1.165) is 21.5 Å². The predicted molar refractivity (Wildman–Crippen MR) is 117 cm³/mol. The molecule has 146 valence electrons. The van der Waals surface area contributed by atoms with Gasteiger partial charge in [-0.25, -0.2) is 0 Å². The molecule has 0 N–H and O–H groups in total. The second-order valence-corrected chi connectivity index (χ2v) is 8.21. The molecule has 0 fully saturated rings. The van der Waals surface area contributed by atoms with Gasteiger partial charge in [-0.3, -0.25) is 4.57 Å². The smallest absolute Gasteiger partial charge is 0.191 e. The maximum atomic E-state index is 6.21. The maximum absolute atomic E-state index is 6.21. The van der Waals surface area contributed by atoms with Crippen molar-refractivity contribution in [3.05, 3.63) is 81.6 Å². The van der Waals surface area contributed by atoms with Crippen molar-refractivity contribution in [2.75, 3.05) is 0 Å². The minimum atomic E-state index is -0.367. The van der Waals surface area contributed by atoms with Crippen LogP contribution < -0.4 is 4.74 Å². The Morgan fingerprint density at radius 2 is 1.82 bits per heavy atom. The zero-order valence-electron chi connectivity index (χ0n) is 15.1. The van der Waals surface area contributed by atoms with E-state index in [4.69, 9.17) is 39.5 Å². The van der Waals surface area contributed by atoms with Gasteiger partial charge in [-0.05, 0) is 36.8 Å². The molecular formula is C20H18Cl3N3OS. The van der Waals surface area contributed by atoms with Crippen molar-refractivity contribution in [2.45, 2.75) is 30.5 Å². The third-order valence-corrected chi connectivity index (χ3v) is 5.74. The van der Waals surface area contributed by atoms with Crippen molar-refractivity contribution in [3.63, 3.8) is 0 Å². The molecule has 2 aromatic carbocycles. The third kappa shape index (κ3) is 5.23. The molecule has 1 atom stereocenters. The minimum Gasteiger partial charge on any atom is -0.481 e. The molecule has 0 radical (unpaired) electrons. The number of ether oxygens (including phenoxy) is 1. The monoisotopic (exact) mass is 453 g/mol. The molecule has 0 aliphatic heterocycles. The van der Waals surface area contributed by atoms with Crippen molar-refractivity contribution < 1.29 is 4.74 Å². The van der Waals surface area contributed by atoms with Crippen LogP contribution in [0.15, 0.2) is 60.3 Å². The molecule has 8 heteroatoms. The Kier molecular flexibility index (Phi) is 7.30. The van der Waals surface area contributed by atoms with Gasteiger partial charge in [-0.1, -0.05) is 64.8 Å². The number of allylic oxidation sites excluding steroid dienone is 1. The molecule has 0 aliphatic carbocycles. The zero-order chi connectivity index (χ0) is 20.1. The van der Waals surface area contributed by atoms with E-state index in [1.165, 1.54) is 0 Å². The van der Waals surface area contributed by atoms with Crippen molar-refractivity contribution in [2.24, 2.45) is 0 Å². The molecule has 0 saturated carbocycles. The molecule has 0 amide bonds. The summed E-state index contributed by atoms with van der Waals surface area (Å²) in [4.78, 5) is 0. The van der Waals surface area contributed by atoms with Crippen molar-refractivity contribution in [3.8, 4) is 5.75 Å². The van der Waals surface area contributed by atoms with Gasteiger partial charge in [0.15, 0.2) is 17.1 Å². The molecular weight excluding hydrogens is 437 g/mol. The Balaban J connectivity index is 1.78. The second-order valence-electron chi connectivity index (χ2n) is 5.99. The SMILES string of the molecule is C=CCn1c(SCc2ccc(Cl)cc2)nnc1C(C)Oc1cc(Cl)ccc1Cl. The number of hydrogen-bond donors (Lipinski definition) is 0. The van der Waals surface area contributed by atoms with E-state index in [9.17, 15) is 0 Å². The molecule has 4 nitrogen and oxygen atoms in total. The summed E-state index contributed by atoms with van der Waals surface area (Å²) < 4.78 is 7.97. The normalized spacial score (nSPS) is 12.0. The number of rotatable bonds is 8. The number of halogens is 3. The first-order chi connectivity index (χ1) is 13.5. The first-order valence-corrected chi connectivity index (χ1v) is 10.6. The fourth-order valence-electron chi connectivity index (χ4n) is 2.55. The molecule has 0 aliphatic rings. The number of thioether (sulfide) groups is 1. The first kappa shape index (κ1) is 21.1. The summed E-state index contributed by atoms with van der Waals surface area (Å²) in [5.41, 5.74) is 1.15. The number of benzene rings is 2. The fraction of sp³-hybridized carbons (Fsp3) is 0.200. The summed E-state index contributed by atoms with van der Waals surface area (Å²) in [7, 11) is 0. The predicted octanol–water partition coefficient (Wildman–Crippen LogP) is 6.86. The Labute approximate surface area is 183 Å². The van der Waals surface area contributed by atoms with E-state index in [1.54, 1.807) is 36.0 Å². The van der Waals surface area contributed by atoms with Gasteiger partial charge in [0.05, 0.1) is 5.02 Å². The lowest BCUT2D eigenvalue weighted by Crippen LogP contribution is -2.12. The highest BCUT2D eigenvalue weighted by molar-refractivity contribution is 7.98. The fourth-order valence-corrected chi connectivity index (χ4v) is 3.91. The van der Waals surface area contributed by atoms with E-state index in [-0.39, 0.29) is 6.10 Å². The Hall–Kier alpha value is -1.66. The largest absolute Gasteiger partial charge is 0.481 e. The van der Waals surface area contributed by atoms with Gasteiger partial charge in [0.2, 0.25) is 0 Å². The van der Waals surface area contributed by atoms with Gasteiger partial charge in [-0.2, -0.15) is 0 Å². The topological polar surface area (TPSA) is 39.9 Å². The van der Waals surface area contributed by atoms with Crippen LogP contribution in [0.1, 0.15) is 24.4 Å². The Morgan fingerprint density at radius 1 is 1.11 bits per heavy atom. The molecule has 0 bridgehead atoms. The van der Waals surface area contributed by atoms with Crippen LogP contribution in [0.5, 0.6) is 5.75 Å². The average molecular weight is 455 g/mol. The van der Waals surface area contributed by atoms with Crippen LogP contribution in [0.25, 0.3) is 0 Å². The average Bonchev–Trinajstić information content (AvgIpc) is 3.07. The van der Waals surface area contributed by atoms with E-state index in [1.807, 2.05) is 35.8 Å². The summed E-state index contributed by atoms with van der Waals surface area (Å²) in [6, 6.07) is 12.9. The highest BCUT2D eigenvalue weighted by atomic mass is 35.5. The van der Waals surface area contributed by atoms with Crippen LogP contribution in [0.2, 0.25) is 15.1 Å². The molecule has 1 heterocycles. The third-order valence-electron chi connectivity index (χ3n) is 3.90. The lowest BCUT2D eigenvalue weighted by molar-refractivity contribution is 0.210. The van der Waals surface area contributed by atoms with Gasteiger partial charge in [0.25, 0.3) is 0 Å². The second kappa shape index (κ2) is 9.70. The van der Waals surface area contributed by atoms with Crippen molar-refractivity contribution >= 4 is 46.6 Å². The van der Waals surface area contributed by atoms with Gasteiger partial charge in [0, 0.05) is 28.4 Å². The number of hydrogen-bond acceptors (Lipinski definition) is 4. The van der Waals surface area contributed by atoms with E-state index < -0.39 is 0 Å². The molecule has 1 aromatic heterocycles. The van der Waals surface area contributed by atoms with Gasteiger partial charge >= 0.3 is 0 Å². The molecule has 3 aromatic rings. The number of nitrogens with zero attached hydrogens (tertiary/aromatic N) is 3. The summed E-state index contributed by atoms with van der Waals surface area (Å²) in [5, 5.41) is 11.2. The van der Waals surface area contributed by atoms with Gasteiger partial charge < -0.3 is 4.74 Å². The van der Waals surface area contributed by atoms with Crippen LogP contribution in [0, 0.1) is 0 Å². The summed E-state index contributed by atoms with van der Waals surface area (Å²) in [5.74, 6) is 1.95. The molecule has 0 spiro atoms. The highest BCUT2D eigenvalue weighted by Crippen LogP contribution is 2.32. The Bertz CT molecular complexity index is 960. The lowest BCUT2D eigenvalue weighted by atomic mass is 10.2. The van der Waals surface area contributed by atoms with Gasteiger partial charge in [0.1, 0.15) is 5.75 Å². The summed E-state index contributed by atoms with van der Waals surface area (Å²) in [6.45, 7) is 6.30. The summed E-state index contributed by atoms with van der Waals surface area (Å²) in [6.07, 6.45) is 1.44. The first-order valence-electron chi connectivity index (χ1n) is 8.51. The van der Waals surface area contributed by atoms with E-state index >= 15 is 0 Å². The highest BCUT2D eigenvalue weighted by Gasteiger charge is 2.20. The van der Waals surface area contributed by atoms with Gasteiger partial charge in [-0.15, -0.1) is 16.8 Å².